The number of phosphoric acid groups is 2. The Labute approximate surface area is 511 Å². The minimum Gasteiger partial charge on any atom is -0.462 e. The van der Waals surface area contributed by atoms with E-state index < -0.39 is 97.5 Å². The highest BCUT2D eigenvalue weighted by atomic mass is 31.2. The lowest BCUT2D eigenvalue weighted by Gasteiger charge is -2.21. The first-order valence-electron chi connectivity index (χ1n) is 34.0. The van der Waals surface area contributed by atoms with Crippen molar-refractivity contribution in [2.45, 2.75) is 342 Å². The molecule has 0 aromatic carbocycles. The van der Waals surface area contributed by atoms with E-state index in [0.717, 1.165) is 95.8 Å². The van der Waals surface area contributed by atoms with Crippen LogP contribution in [-0.4, -0.2) is 96.7 Å². The first kappa shape index (κ1) is 82.1. The maximum atomic E-state index is 13.0. The Hall–Kier alpha value is -1.94. The van der Waals surface area contributed by atoms with Gasteiger partial charge in [0, 0.05) is 25.7 Å². The number of unbranched alkanes of at least 4 members (excludes halogenated alkanes) is 33. The first-order valence-corrected chi connectivity index (χ1v) is 37.0. The molecule has 0 saturated carbocycles. The van der Waals surface area contributed by atoms with Crippen LogP contribution in [0.1, 0.15) is 324 Å². The van der Waals surface area contributed by atoms with Crippen LogP contribution in [0.2, 0.25) is 0 Å². The largest absolute Gasteiger partial charge is 0.472 e. The Morgan fingerprint density at radius 2 is 0.607 bits per heavy atom. The molecule has 0 amide bonds. The van der Waals surface area contributed by atoms with E-state index in [2.05, 4.69) is 41.5 Å². The highest BCUT2D eigenvalue weighted by Gasteiger charge is 2.30. The van der Waals surface area contributed by atoms with Crippen LogP contribution in [0.25, 0.3) is 0 Å². The van der Waals surface area contributed by atoms with E-state index in [4.69, 9.17) is 37.0 Å². The number of carbonyl (C=O) groups excluding carboxylic acids is 4. The third kappa shape index (κ3) is 57.8. The van der Waals surface area contributed by atoms with E-state index in [1.807, 2.05) is 0 Å². The molecule has 0 spiro atoms. The summed E-state index contributed by atoms with van der Waals surface area (Å²) in [4.78, 5) is 72.2. The van der Waals surface area contributed by atoms with Crippen LogP contribution < -0.4 is 0 Å². The number of hydrogen-bond acceptors (Lipinski definition) is 15. The van der Waals surface area contributed by atoms with E-state index in [-0.39, 0.29) is 25.7 Å². The predicted molar refractivity (Wildman–Crippen MR) is 335 cm³/mol. The zero-order valence-corrected chi connectivity index (χ0v) is 56.0. The van der Waals surface area contributed by atoms with Crippen LogP contribution >= 0.6 is 15.6 Å². The second kappa shape index (κ2) is 57.5. The topological polar surface area (TPSA) is 237 Å². The summed E-state index contributed by atoms with van der Waals surface area (Å²) in [6.07, 6.45) is 40.3. The maximum Gasteiger partial charge on any atom is 0.472 e. The van der Waals surface area contributed by atoms with E-state index in [0.29, 0.717) is 31.6 Å². The van der Waals surface area contributed by atoms with Crippen molar-refractivity contribution in [3.8, 4) is 0 Å². The fourth-order valence-electron chi connectivity index (χ4n) is 9.68. The van der Waals surface area contributed by atoms with Crippen LogP contribution in [0, 0.1) is 11.8 Å². The molecule has 498 valence electrons. The summed E-state index contributed by atoms with van der Waals surface area (Å²) in [5, 5.41) is 10.5. The highest BCUT2D eigenvalue weighted by molar-refractivity contribution is 7.47. The Morgan fingerprint density at radius 1 is 0.345 bits per heavy atom. The third-order valence-corrected chi connectivity index (χ3v) is 17.2. The molecule has 0 bridgehead atoms. The molecule has 0 heterocycles. The molecule has 0 aromatic rings. The molecule has 0 fully saturated rings. The lowest BCUT2D eigenvalue weighted by atomic mass is 9.99. The van der Waals surface area contributed by atoms with Crippen LogP contribution in [0.4, 0.5) is 0 Å². The minimum absolute atomic E-state index is 0.103. The number of phosphoric ester groups is 2. The maximum absolute atomic E-state index is 13.0. The number of esters is 4. The van der Waals surface area contributed by atoms with Crippen LogP contribution in [-0.2, 0) is 65.4 Å². The van der Waals surface area contributed by atoms with E-state index >= 15 is 0 Å². The predicted octanol–water partition coefficient (Wildman–Crippen LogP) is 18.0. The van der Waals surface area contributed by atoms with Gasteiger partial charge in [0.2, 0.25) is 0 Å². The molecule has 0 aliphatic heterocycles. The zero-order chi connectivity index (χ0) is 62.2. The molecule has 0 saturated heterocycles. The zero-order valence-electron chi connectivity index (χ0n) is 54.2. The number of ether oxygens (including phenoxy) is 4. The van der Waals surface area contributed by atoms with Gasteiger partial charge in [0.25, 0.3) is 0 Å². The third-order valence-electron chi connectivity index (χ3n) is 15.3. The molecular formula is C65H126O17P2. The fourth-order valence-corrected chi connectivity index (χ4v) is 11.3. The van der Waals surface area contributed by atoms with Crippen LogP contribution in [0.5, 0.6) is 0 Å². The number of aliphatic hydroxyl groups excluding tert-OH is 1. The summed E-state index contributed by atoms with van der Waals surface area (Å²) in [5.41, 5.74) is 0. The number of aliphatic hydroxyl groups is 1. The molecule has 3 N–H and O–H groups in total. The van der Waals surface area contributed by atoms with Crippen molar-refractivity contribution in [1.29, 1.82) is 0 Å². The standard InChI is InChI=1S/C65H126O17P2/c1-7-10-12-14-16-18-19-20-21-23-31-37-43-49-64(69)81-60(53-76-63(68)48-42-36-30-25-24-28-34-40-46-58(6)9-3)55-79-83(71,72)77-51-59(66)52-78-84(73,74)80-56-61(54-75-62(67)47-41-35-29-22-17-15-13-11-8-2)82-65(70)50-44-38-32-26-27-33-39-45-57(4)5/h57-61,66H,7-56H2,1-6H3,(H,71,72)(H,73,74)/t58?,59-,60-,61-/m1/s1. The lowest BCUT2D eigenvalue weighted by molar-refractivity contribution is -0.161. The summed E-state index contributed by atoms with van der Waals surface area (Å²) in [7, 11) is -9.89. The van der Waals surface area contributed by atoms with Gasteiger partial charge >= 0.3 is 39.5 Å². The Balaban J connectivity index is 5.25. The molecule has 6 atom stereocenters. The molecule has 0 aliphatic rings. The average molecular weight is 1240 g/mol. The molecule has 0 aromatic heterocycles. The smallest absolute Gasteiger partial charge is 0.462 e. The normalized spacial score (nSPS) is 14.6. The van der Waals surface area contributed by atoms with Crippen molar-refractivity contribution in [3.63, 3.8) is 0 Å². The van der Waals surface area contributed by atoms with Crippen LogP contribution in [0.15, 0.2) is 0 Å². The summed E-state index contributed by atoms with van der Waals surface area (Å²) in [6, 6.07) is 0. The SMILES string of the molecule is CCCCCCCCCCCCCCCC(=O)O[C@H](COC(=O)CCCCCCCCCCC(C)CC)COP(=O)(O)OC[C@@H](O)COP(=O)(O)OC[C@@H](COC(=O)CCCCCCCCCCC)OC(=O)CCCCCCCCCC(C)C. The monoisotopic (exact) mass is 1240 g/mol. The summed E-state index contributed by atoms with van der Waals surface area (Å²) in [6.45, 7) is 9.43. The van der Waals surface area contributed by atoms with Crippen molar-refractivity contribution < 1.29 is 80.2 Å². The molecule has 3 unspecified atom stereocenters. The second-order valence-corrected chi connectivity index (χ2v) is 27.1. The molecule has 0 aliphatic carbocycles. The van der Waals surface area contributed by atoms with Crippen molar-refractivity contribution in [3.05, 3.63) is 0 Å². The first-order chi connectivity index (χ1) is 40.4. The number of rotatable bonds is 64. The number of carbonyl (C=O) groups is 4. The van der Waals surface area contributed by atoms with Crippen molar-refractivity contribution in [1.82, 2.24) is 0 Å². The molecule has 0 rings (SSSR count). The number of hydrogen-bond donors (Lipinski definition) is 3. The quantitative estimate of drug-likeness (QED) is 0.0222. The van der Waals surface area contributed by atoms with E-state index in [9.17, 15) is 43.2 Å². The van der Waals surface area contributed by atoms with Gasteiger partial charge in [0.1, 0.15) is 19.3 Å². The van der Waals surface area contributed by atoms with Crippen molar-refractivity contribution in [2.75, 3.05) is 39.6 Å². The summed E-state index contributed by atoms with van der Waals surface area (Å²) < 4.78 is 68.0. The van der Waals surface area contributed by atoms with Gasteiger partial charge in [-0.25, -0.2) is 9.13 Å². The van der Waals surface area contributed by atoms with Gasteiger partial charge in [-0.05, 0) is 37.5 Å². The molecule has 17 nitrogen and oxygen atoms in total. The van der Waals surface area contributed by atoms with Gasteiger partial charge in [-0.2, -0.15) is 0 Å². The van der Waals surface area contributed by atoms with Gasteiger partial charge in [-0.3, -0.25) is 37.3 Å². The Kier molecular flexibility index (Phi) is 56.2. The van der Waals surface area contributed by atoms with Gasteiger partial charge in [-0.15, -0.1) is 0 Å². The Morgan fingerprint density at radius 3 is 0.905 bits per heavy atom. The van der Waals surface area contributed by atoms with Gasteiger partial charge in [0.15, 0.2) is 12.2 Å². The molecule has 84 heavy (non-hydrogen) atoms. The van der Waals surface area contributed by atoms with Crippen molar-refractivity contribution in [2.24, 2.45) is 11.8 Å². The molecular weight excluding hydrogens is 1110 g/mol. The van der Waals surface area contributed by atoms with E-state index in [1.54, 1.807) is 0 Å². The average Bonchev–Trinajstić information content (AvgIpc) is 3.58. The fraction of sp³-hybridized carbons (Fsp3) is 0.938. The Bertz CT molecular complexity index is 1650. The van der Waals surface area contributed by atoms with Crippen LogP contribution in [0.3, 0.4) is 0 Å². The second-order valence-electron chi connectivity index (χ2n) is 24.2. The minimum atomic E-state index is -4.95. The van der Waals surface area contributed by atoms with Gasteiger partial charge in [0.05, 0.1) is 26.4 Å². The van der Waals surface area contributed by atoms with Gasteiger partial charge in [-0.1, -0.05) is 273 Å². The molecule has 0 radical (unpaired) electrons. The van der Waals surface area contributed by atoms with E-state index in [1.165, 1.54) is 141 Å². The molecule has 19 heteroatoms. The van der Waals surface area contributed by atoms with Crippen molar-refractivity contribution >= 4 is 39.5 Å². The van der Waals surface area contributed by atoms with Gasteiger partial charge < -0.3 is 33.8 Å². The summed E-state index contributed by atoms with van der Waals surface area (Å²) >= 11 is 0. The highest BCUT2D eigenvalue weighted by Crippen LogP contribution is 2.45. The lowest BCUT2D eigenvalue weighted by Crippen LogP contribution is -2.30. The summed E-state index contributed by atoms with van der Waals surface area (Å²) in [5.74, 6) is -0.660.